The summed E-state index contributed by atoms with van der Waals surface area (Å²) < 4.78 is 7.34. The van der Waals surface area contributed by atoms with Crippen molar-refractivity contribution in [3.8, 4) is 5.69 Å². The minimum Gasteiger partial charge on any atom is -0.379 e. The molecule has 6 nitrogen and oxygen atoms in total. The number of carbonyl (C=O) groups excluding carboxylic acids is 1. The average Bonchev–Trinajstić information content (AvgIpc) is 3.54. The van der Waals surface area contributed by atoms with Gasteiger partial charge in [0, 0.05) is 29.9 Å². The minimum absolute atomic E-state index is 0.0638. The number of morpholine rings is 1. The van der Waals surface area contributed by atoms with Crippen molar-refractivity contribution in [1.29, 1.82) is 0 Å². The maximum Gasteiger partial charge on any atom is 0.261 e. The first kappa shape index (κ1) is 21.6. The lowest BCUT2D eigenvalue weighted by molar-refractivity contribution is 0.0169. The molecule has 1 aromatic carbocycles. The molecule has 4 aromatic rings. The van der Waals surface area contributed by atoms with Crippen LogP contribution in [-0.2, 0) is 4.74 Å². The molecule has 1 atom stereocenters. The molecule has 1 unspecified atom stereocenters. The second-order valence-corrected chi connectivity index (χ2v) is 10.1. The van der Waals surface area contributed by atoms with Gasteiger partial charge in [0.05, 0.1) is 40.5 Å². The first-order chi connectivity index (χ1) is 15.6. The normalized spacial score (nSPS) is 15.8. The Balaban J connectivity index is 1.38. The van der Waals surface area contributed by atoms with Crippen molar-refractivity contribution in [2.75, 3.05) is 32.8 Å². The molecule has 0 aliphatic carbocycles. The lowest BCUT2D eigenvalue weighted by atomic mass is 10.2. The third kappa shape index (κ3) is 4.21. The number of carbonyl (C=O) groups is 1. The van der Waals surface area contributed by atoms with Crippen molar-refractivity contribution in [3.63, 3.8) is 0 Å². The average molecular weight is 487 g/mol. The predicted octanol–water partition coefficient (Wildman–Crippen LogP) is 4.91. The Morgan fingerprint density at radius 1 is 1.25 bits per heavy atom. The van der Waals surface area contributed by atoms with Crippen LogP contribution in [0.1, 0.15) is 26.3 Å². The molecule has 0 bridgehead atoms. The van der Waals surface area contributed by atoms with Gasteiger partial charge >= 0.3 is 0 Å². The van der Waals surface area contributed by atoms with Gasteiger partial charge in [-0.05, 0) is 36.6 Å². The summed E-state index contributed by atoms with van der Waals surface area (Å²) in [4.78, 5) is 18.3. The molecular weight excluding hydrogens is 464 g/mol. The number of ether oxygens (including phenoxy) is 1. The van der Waals surface area contributed by atoms with E-state index in [9.17, 15) is 4.79 Å². The zero-order chi connectivity index (χ0) is 22.1. The molecule has 0 saturated carbocycles. The molecule has 1 fully saturated rings. The Hall–Kier alpha value is -2.23. The van der Waals surface area contributed by atoms with E-state index in [1.807, 2.05) is 41.9 Å². The summed E-state index contributed by atoms with van der Waals surface area (Å²) in [6.07, 6.45) is 0. The predicted molar refractivity (Wildman–Crippen MR) is 130 cm³/mol. The Bertz CT molecular complexity index is 1230. The van der Waals surface area contributed by atoms with Gasteiger partial charge in [0.1, 0.15) is 4.83 Å². The molecule has 32 heavy (non-hydrogen) atoms. The van der Waals surface area contributed by atoms with Gasteiger partial charge in [-0.2, -0.15) is 5.10 Å². The number of benzene rings is 1. The summed E-state index contributed by atoms with van der Waals surface area (Å²) in [7, 11) is 0. The van der Waals surface area contributed by atoms with E-state index in [1.54, 1.807) is 11.3 Å². The van der Waals surface area contributed by atoms with Crippen LogP contribution in [0.4, 0.5) is 0 Å². The molecule has 5 rings (SSSR count). The van der Waals surface area contributed by atoms with Crippen molar-refractivity contribution in [1.82, 2.24) is 20.0 Å². The van der Waals surface area contributed by atoms with Gasteiger partial charge in [-0.25, -0.2) is 4.68 Å². The molecule has 9 heteroatoms. The number of hydrogen-bond acceptors (Lipinski definition) is 6. The van der Waals surface area contributed by atoms with Crippen LogP contribution in [0.25, 0.3) is 15.9 Å². The SMILES string of the molecule is Cc1nn(-c2ccccc2Cl)c2sc(C(=O)NCC(c3cccs3)N3CCOCC3)cc12. The van der Waals surface area contributed by atoms with Crippen molar-refractivity contribution in [3.05, 3.63) is 68.3 Å². The summed E-state index contributed by atoms with van der Waals surface area (Å²) >= 11 is 9.56. The molecule has 166 valence electrons. The fourth-order valence-electron chi connectivity index (χ4n) is 4.00. The van der Waals surface area contributed by atoms with Crippen LogP contribution < -0.4 is 5.32 Å². The van der Waals surface area contributed by atoms with Gasteiger partial charge < -0.3 is 10.1 Å². The highest BCUT2D eigenvalue weighted by Crippen LogP contribution is 2.32. The number of nitrogens with one attached hydrogen (secondary N) is 1. The molecule has 1 N–H and O–H groups in total. The number of para-hydroxylation sites is 1. The molecule has 1 saturated heterocycles. The molecule has 3 aromatic heterocycles. The van der Waals surface area contributed by atoms with Crippen LogP contribution in [0.5, 0.6) is 0 Å². The Kier molecular flexibility index (Phi) is 6.30. The van der Waals surface area contributed by atoms with Crippen LogP contribution in [0.2, 0.25) is 5.02 Å². The highest BCUT2D eigenvalue weighted by atomic mass is 35.5. The number of fused-ring (bicyclic) bond motifs is 1. The van der Waals surface area contributed by atoms with Gasteiger partial charge in [-0.1, -0.05) is 29.8 Å². The Morgan fingerprint density at radius 2 is 2.06 bits per heavy atom. The zero-order valence-corrected chi connectivity index (χ0v) is 20.0. The number of thiophene rings is 2. The lowest BCUT2D eigenvalue weighted by Gasteiger charge is -2.34. The van der Waals surface area contributed by atoms with E-state index in [4.69, 9.17) is 16.3 Å². The Labute approximate surface area is 199 Å². The summed E-state index contributed by atoms with van der Waals surface area (Å²) in [5.41, 5.74) is 1.69. The van der Waals surface area contributed by atoms with Crippen molar-refractivity contribution in [2.24, 2.45) is 0 Å². The van der Waals surface area contributed by atoms with E-state index in [-0.39, 0.29) is 11.9 Å². The van der Waals surface area contributed by atoms with Gasteiger partial charge in [0.2, 0.25) is 0 Å². The monoisotopic (exact) mass is 486 g/mol. The first-order valence-electron chi connectivity index (χ1n) is 10.5. The molecule has 1 aliphatic heterocycles. The van der Waals surface area contributed by atoms with E-state index in [0.717, 1.165) is 47.9 Å². The van der Waals surface area contributed by atoms with Gasteiger partial charge in [-0.3, -0.25) is 9.69 Å². The summed E-state index contributed by atoms with van der Waals surface area (Å²) in [5.74, 6) is -0.0638. The van der Waals surface area contributed by atoms with Crippen LogP contribution in [-0.4, -0.2) is 53.4 Å². The number of nitrogens with zero attached hydrogens (tertiary/aromatic N) is 3. The maximum atomic E-state index is 13.1. The van der Waals surface area contributed by atoms with Gasteiger partial charge in [0.25, 0.3) is 5.91 Å². The summed E-state index contributed by atoms with van der Waals surface area (Å²) in [5, 5.41) is 11.5. The fraction of sp³-hybridized carbons (Fsp3) is 0.304. The standard InChI is InChI=1S/C23H23ClN4O2S2/c1-15-16-13-21(32-23(16)28(26-15)18-6-3-2-5-17(18)24)22(29)25-14-19(20-7-4-12-31-20)27-8-10-30-11-9-27/h2-7,12-13,19H,8-11,14H2,1H3,(H,25,29). The highest BCUT2D eigenvalue weighted by Gasteiger charge is 2.25. The topological polar surface area (TPSA) is 59.4 Å². The quantitative estimate of drug-likeness (QED) is 0.420. The second kappa shape index (κ2) is 9.33. The second-order valence-electron chi connectivity index (χ2n) is 7.67. The fourth-order valence-corrected chi connectivity index (χ4v) is 6.17. The van der Waals surface area contributed by atoms with Crippen LogP contribution in [0.15, 0.2) is 47.8 Å². The van der Waals surface area contributed by atoms with E-state index < -0.39 is 0 Å². The number of aromatic nitrogens is 2. The molecule has 1 amide bonds. The van der Waals surface area contributed by atoms with Crippen LogP contribution in [0, 0.1) is 6.92 Å². The largest absolute Gasteiger partial charge is 0.379 e. The molecule has 0 spiro atoms. The van der Waals surface area contributed by atoms with Crippen LogP contribution in [0.3, 0.4) is 0 Å². The molecule has 0 radical (unpaired) electrons. The van der Waals surface area contributed by atoms with Gasteiger partial charge in [0.15, 0.2) is 0 Å². The first-order valence-corrected chi connectivity index (χ1v) is 12.6. The highest BCUT2D eigenvalue weighted by molar-refractivity contribution is 7.20. The third-order valence-corrected chi connectivity index (χ3v) is 8.07. The van der Waals surface area contributed by atoms with Crippen molar-refractivity contribution in [2.45, 2.75) is 13.0 Å². The number of halogens is 1. The van der Waals surface area contributed by atoms with Crippen LogP contribution >= 0.6 is 34.3 Å². The smallest absolute Gasteiger partial charge is 0.261 e. The van der Waals surface area contributed by atoms with Crippen molar-refractivity contribution >= 4 is 50.4 Å². The summed E-state index contributed by atoms with van der Waals surface area (Å²) in [6.45, 7) is 5.70. The number of rotatable bonds is 6. The summed E-state index contributed by atoms with van der Waals surface area (Å²) in [6, 6.07) is 13.9. The lowest BCUT2D eigenvalue weighted by Crippen LogP contribution is -2.43. The number of amides is 1. The Morgan fingerprint density at radius 3 is 2.81 bits per heavy atom. The number of hydrogen-bond donors (Lipinski definition) is 1. The van der Waals surface area contributed by atoms with Crippen molar-refractivity contribution < 1.29 is 9.53 Å². The number of aryl methyl sites for hydroxylation is 1. The molecule has 1 aliphatic rings. The minimum atomic E-state index is -0.0638. The van der Waals surface area contributed by atoms with E-state index in [2.05, 4.69) is 32.8 Å². The van der Waals surface area contributed by atoms with E-state index >= 15 is 0 Å². The third-order valence-electron chi connectivity index (χ3n) is 5.66. The molecule has 4 heterocycles. The van der Waals surface area contributed by atoms with Gasteiger partial charge in [-0.15, -0.1) is 22.7 Å². The van der Waals surface area contributed by atoms with E-state index in [1.165, 1.54) is 16.2 Å². The zero-order valence-electron chi connectivity index (χ0n) is 17.6. The van der Waals surface area contributed by atoms with E-state index in [0.29, 0.717) is 16.4 Å². The maximum absolute atomic E-state index is 13.1. The molecular formula is C23H23ClN4O2S2.